The van der Waals surface area contributed by atoms with E-state index in [0.717, 1.165) is 22.3 Å². The van der Waals surface area contributed by atoms with Gasteiger partial charge in [0.05, 0.1) is 17.1 Å². The Balaban J connectivity index is 1.36. The predicted octanol–water partition coefficient (Wildman–Crippen LogP) is 2.28. The molecule has 7 nitrogen and oxygen atoms in total. The van der Waals surface area contributed by atoms with Crippen molar-refractivity contribution in [1.82, 2.24) is 20.4 Å². The van der Waals surface area contributed by atoms with Gasteiger partial charge in [-0.15, -0.1) is 0 Å². The molecule has 1 aromatic heterocycles. The van der Waals surface area contributed by atoms with Crippen LogP contribution in [0.15, 0.2) is 18.2 Å². The lowest BCUT2D eigenvalue weighted by Gasteiger charge is -2.50. The second-order valence-corrected chi connectivity index (χ2v) is 9.32. The van der Waals surface area contributed by atoms with E-state index in [4.69, 9.17) is 0 Å². The second kappa shape index (κ2) is 6.83. The fraction of sp³-hybridized carbons (Fsp3) is 0.591. The van der Waals surface area contributed by atoms with E-state index >= 15 is 0 Å². The van der Waals surface area contributed by atoms with Crippen LogP contribution >= 0.6 is 0 Å². The number of hydrogen-bond donors (Lipinski definition) is 3. The fourth-order valence-electron chi connectivity index (χ4n) is 5.49. The van der Waals surface area contributed by atoms with Gasteiger partial charge in [0.25, 0.3) is 0 Å². The molecule has 0 radical (unpaired) electrons. The van der Waals surface area contributed by atoms with Gasteiger partial charge < -0.3 is 10.6 Å². The number of rotatable bonds is 3. The number of fused-ring (bicyclic) bond motifs is 1. The van der Waals surface area contributed by atoms with Gasteiger partial charge in [-0.3, -0.25) is 19.6 Å². The molecule has 154 valence electrons. The van der Waals surface area contributed by atoms with Gasteiger partial charge in [0, 0.05) is 43.7 Å². The van der Waals surface area contributed by atoms with Gasteiger partial charge in [-0.2, -0.15) is 5.10 Å². The van der Waals surface area contributed by atoms with Crippen LogP contribution in [0.25, 0.3) is 10.9 Å². The van der Waals surface area contributed by atoms with Gasteiger partial charge >= 0.3 is 0 Å². The maximum absolute atomic E-state index is 12.3. The van der Waals surface area contributed by atoms with Crippen LogP contribution in [0.2, 0.25) is 0 Å². The second-order valence-electron chi connectivity index (χ2n) is 9.32. The summed E-state index contributed by atoms with van der Waals surface area (Å²) in [6, 6.07) is 6.79. The van der Waals surface area contributed by atoms with Gasteiger partial charge in [0.2, 0.25) is 11.8 Å². The van der Waals surface area contributed by atoms with Crippen LogP contribution in [0.5, 0.6) is 0 Å². The van der Waals surface area contributed by atoms with E-state index in [2.05, 4.69) is 46.2 Å². The largest absolute Gasteiger partial charge is 0.382 e. The van der Waals surface area contributed by atoms with Crippen LogP contribution in [-0.2, 0) is 16.6 Å². The topological polar surface area (TPSA) is 88.1 Å². The number of nitrogens with zero attached hydrogens (tertiary/aromatic N) is 2. The summed E-state index contributed by atoms with van der Waals surface area (Å²) in [7, 11) is 1.91. The predicted molar refractivity (Wildman–Crippen MR) is 112 cm³/mol. The van der Waals surface area contributed by atoms with Crippen molar-refractivity contribution in [2.45, 2.75) is 51.0 Å². The molecule has 29 heavy (non-hydrogen) atoms. The molecule has 1 spiro atoms. The van der Waals surface area contributed by atoms with Crippen LogP contribution < -0.4 is 16.0 Å². The quantitative estimate of drug-likeness (QED) is 0.694. The number of aryl methyl sites for hydroxylation is 1. The van der Waals surface area contributed by atoms with Crippen LogP contribution in [0, 0.1) is 11.3 Å². The first kappa shape index (κ1) is 18.6. The number of nitrogens with one attached hydrogen (secondary N) is 3. The third kappa shape index (κ3) is 3.21. The van der Waals surface area contributed by atoms with Crippen molar-refractivity contribution in [3.63, 3.8) is 0 Å². The Morgan fingerprint density at radius 3 is 2.76 bits per heavy atom. The van der Waals surface area contributed by atoms with Crippen molar-refractivity contribution >= 4 is 28.4 Å². The molecule has 2 aromatic rings. The van der Waals surface area contributed by atoms with Crippen LogP contribution in [-0.4, -0.2) is 40.7 Å². The average molecular weight is 396 g/mol. The molecule has 7 heteroatoms. The first-order valence-corrected chi connectivity index (χ1v) is 10.7. The van der Waals surface area contributed by atoms with E-state index in [1.54, 1.807) is 0 Å². The number of imide groups is 1. The monoisotopic (exact) mass is 395 g/mol. The van der Waals surface area contributed by atoms with E-state index in [9.17, 15) is 9.59 Å². The minimum Gasteiger partial charge on any atom is -0.382 e. The summed E-state index contributed by atoms with van der Waals surface area (Å²) in [6.45, 7) is 4.71. The first-order chi connectivity index (χ1) is 13.9. The normalized spacial score (nSPS) is 29.0. The average Bonchev–Trinajstić information content (AvgIpc) is 2.98. The SMILES string of the molecule is C[C@@H]1CC2(CC[C@H]1Nc1ccc3c(C4CCC(=O)NC4=O)nn(C)c3c1)CNC2. The minimum atomic E-state index is -0.360. The zero-order valence-electron chi connectivity index (χ0n) is 17.1. The molecule has 2 amide bonds. The minimum absolute atomic E-state index is 0.195. The highest BCUT2D eigenvalue weighted by Gasteiger charge is 2.43. The number of aromatic nitrogens is 2. The van der Waals surface area contributed by atoms with Gasteiger partial charge in [0.15, 0.2) is 0 Å². The zero-order chi connectivity index (χ0) is 20.2. The molecule has 0 bridgehead atoms. The lowest BCUT2D eigenvalue weighted by molar-refractivity contribution is -0.134. The summed E-state index contributed by atoms with van der Waals surface area (Å²) in [5, 5.41) is 15.3. The summed E-state index contributed by atoms with van der Waals surface area (Å²) in [5.41, 5.74) is 3.43. The lowest BCUT2D eigenvalue weighted by Crippen LogP contribution is -2.57. The van der Waals surface area contributed by atoms with Crippen molar-refractivity contribution in [3.8, 4) is 0 Å². The Morgan fingerprint density at radius 1 is 1.24 bits per heavy atom. The Hall–Kier alpha value is -2.41. The Morgan fingerprint density at radius 2 is 2.07 bits per heavy atom. The lowest BCUT2D eigenvalue weighted by atomic mass is 9.65. The zero-order valence-corrected chi connectivity index (χ0v) is 17.1. The highest BCUT2D eigenvalue weighted by atomic mass is 16.2. The molecule has 3 atom stereocenters. The molecule has 3 N–H and O–H groups in total. The molecule has 5 rings (SSSR count). The number of benzene rings is 1. The molecule has 1 aromatic carbocycles. The Labute approximate surface area is 170 Å². The molecule has 3 aliphatic rings. The number of piperidine rings is 1. The maximum atomic E-state index is 12.3. The number of carbonyl (C=O) groups is 2. The molecule has 2 saturated heterocycles. The third-order valence-electron chi connectivity index (χ3n) is 7.23. The van der Waals surface area contributed by atoms with E-state index in [-0.39, 0.29) is 17.7 Å². The van der Waals surface area contributed by atoms with E-state index in [1.165, 1.54) is 32.4 Å². The standard InChI is InChI=1S/C22H29N5O2/c1-13-10-22(11-23-12-22)8-7-17(13)24-14-3-4-15-18(9-14)27(2)26-20(15)16-5-6-19(28)25-21(16)29/h3-4,9,13,16-17,23-24H,5-8,10-12H2,1-2H3,(H,25,28,29)/t13-,16?,17-/m1/s1. The molecule has 1 aliphatic carbocycles. The molecule has 3 heterocycles. The van der Waals surface area contributed by atoms with E-state index < -0.39 is 0 Å². The highest BCUT2D eigenvalue weighted by molar-refractivity contribution is 6.02. The van der Waals surface area contributed by atoms with E-state index in [0.29, 0.717) is 30.2 Å². The number of anilines is 1. The van der Waals surface area contributed by atoms with Gasteiger partial charge in [-0.05, 0) is 55.2 Å². The molecule has 1 unspecified atom stereocenters. The third-order valence-corrected chi connectivity index (χ3v) is 7.23. The summed E-state index contributed by atoms with van der Waals surface area (Å²) in [4.78, 5) is 23.8. The fourth-order valence-corrected chi connectivity index (χ4v) is 5.49. The molecule has 2 aliphatic heterocycles. The molecular formula is C22H29N5O2. The van der Waals surface area contributed by atoms with Crippen LogP contribution in [0.4, 0.5) is 5.69 Å². The van der Waals surface area contributed by atoms with Gasteiger partial charge in [-0.25, -0.2) is 0 Å². The number of hydrogen-bond acceptors (Lipinski definition) is 5. The van der Waals surface area contributed by atoms with Crippen molar-refractivity contribution in [3.05, 3.63) is 23.9 Å². The van der Waals surface area contributed by atoms with E-state index in [1.807, 2.05) is 11.7 Å². The van der Waals surface area contributed by atoms with Gasteiger partial charge in [-0.1, -0.05) is 6.92 Å². The Bertz CT molecular complexity index is 977. The van der Waals surface area contributed by atoms with Crippen molar-refractivity contribution in [2.75, 3.05) is 18.4 Å². The maximum Gasteiger partial charge on any atom is 0.235 e. The number of carbonyl (C=O) groups excluding carboxylic acids is 2. The smallest absolute Gasteiger partial charge is 0.235 e. The number of amides is 2. The molecule has 3 fully saturated rings. The van der Waals surface area contributed by atoms with Crippen LogP contribution in [0.3, 0.4) is 0 Å². The molecule has 1 saturated carbocycles. The van der Waals surface area contributed by atoms with Crippen LogP contribution in [0.1, 0.15) is 50.6 Å². The van der Waals surface area contributed by atoms with Crippen molar-refractivity contribution < 1.29 is 9.59 Å². The van der Waals surface area contributed by atoms with Crippen molar-refractivity contribution in [1.29, 1.82) is 0 Å². The summed E-state index contributed by atoms with van der Waals surface area (Å²) in [6.07, 6.45) is 4.66. The van der Waals surface area contributed by atoms with Gasteiger partial charge in [0.1, 0.15) is 0 Å². The Kier molecular flexibility index (Phi) is 4.38. The molecular weight excluding hydrogens is 366 g/mol. The van der Waals surface area contributed by atoms with Crippen molar-refractivity contribution in [2.24, 2.45) is 18.4 Å². The summed E-state index contributed by atoms with van der Waals surface area (Å²) < 4.78 is 1.85. The summed E-state index contributed by atoms with van der Waals surface area (Å²) >= 11 is 0. The first-order valence-electron chi connectivity index (χ1n) is 10.7. The summed E-state index contributed by atoms with van der Waals surface area (Å²) in [5.74, 6) is -0.147. The highest BCUT2D eigenvalue weighted by Crippen LogP contribution is 2.43.